The average Bonchev–Trinajstić information content (AvgIpc) is 2.62. The van der Waals surface area contributed by atoms with Crippen LogP contribution in [0.15, 0.2) is 79.1 Å². The van der Waals surface area contributed by atoms with Crippen LogP contribution in [0, 0.1) is 0 Å². The first-order chi connectivity index (χ1) is 11.7. The zero-order chi connectivity index (χ0) is 16.3. The number of benzene rings is 3. The molecule has 0 aliphatic heterocycles. The summed E-state index contributed by atoms with van der Waals surface area (Å²) in [5.41, 5.74) is 1.30. The van der Waals surface area contributed by atoms with E-state index in [4.69, 9.17) is 8.83 Å². The molecule has 2 aromatic heterocycles. The summed E-state index contributed by atoms with van der Waals surface area (Å²) in [6.07, 6.45) is 0. The molecule has 0 bridgehead atoms. The molecule has 2 heterocycles. The van der Waals surface area contributed by atoms with E-state index in [9.17, 15) is 9.59 Å². The first-order valence-corrected chi connectivity index (χ1v) is 7.54. The Morgan fingerprint density at radius 1 is 0.542 bits per heavy atom. The van der Waals surface area contributed by atoms with Gasteiger partial charge in [-0.1, -0.05) is 24.3 Å². The molecule has 4 heteroatoms. The highest BCUT2D eigenvalue weighted by atomic mass is 16.3. The van der Waals surface area contributed by atoms with Gasteiger partial charge in [0, 0.05) is 0 Å². The molecule has 0 unspecified atom stereocenters. The van der Waals surface area contributed by atoms with Crippen LogP contribution < -0.4 is 10.9 Å². The van der Waals surface area contributed by atoms with Crippen molar-refractivity contribution >= 4 is 43.9 Å². The summed E-state index contributed by atoms with van der Waals surface area (Å²) in [6, 6.07) is 17.4. The second-order valence-corrected chi connectivity index (χ2v) is 5.67. The Bertz CT molecular complexity index is 1390. The molecule has 5 rings (SSSR count). The number of hydrogen-bond acceptors (Lipinski definition) is 4. The molecule has 4 nitrogen and oxygen atoms in total. The Labute approximate surface area is 134 Å². The lowest BCUT2D eigenvalue weighted by atomic mass is 10.1. The predicted octanol–water partition coefficient (Wildman–Crippen LogP) is 4.21. The van der Waals surface area contributed by atoms with E-state index in [1.807, 2.05) is 6.07 Å². The van der Waals surface area contributed by atoms with Crippen molar-refractivity contribution in [1.29, 1.82) is 0 Å². The summed E-state index contributed by atoms with van der Waals surface area (Å²) < 4.78 is 11.7. The Kier molecular flexibility index (Phi) is 2.48. The fourth-order valence-electron chi connectivity index (χ4n) is 3.14. The SMILES string of the molecule is O=c1c2ccccc2oc2c1ccc1oc3ccccc3c(=O)c12. The third kappa shape index (κ3) is 1.62. The first kappa shape index (κ1) is 13.1. The van der Waals surface area contributed by atoms with Gasteiger partial charge in [-0.3, -0.25) is 9.59 Å². The molecule has 5 aromatic rings. The highest BCUT2D eigenvalue weighted by molar-refractivity contribution is 6.07. The van der Waals surface area contributed by atoms with E-state index < -0.39 is 0 Å². The van der Waals surface area contributed by atoms with E-state index in [0.717, 1.165) is 0 Å². The smallest absolute Gasteiger partial charge is 0.204 e. The van der Waals surface area contributed by atoms with Gasteiger partial charge in [-0.25, -0.2) is 0 Å². The normalized spacial score (nSPS) is 11.7. The molecular weight excluding hydrogens is 304 g/mol. The first-order valence-electron chi connectivity index (χ1n) is 7.54. The van der Waals surface area contributed by atoms with Crippen molar-refractivity contribution in [2.45, 2.75) is 0 Å². The van der Waals surface area contributed by atoms with Crippen molar-refractivity contribution in [3.05, 3.63) is 81.1 Å². The maximum Gasteiger partial charge on any atom is 0.204 e. The number of hydrogen-bond donors (Lipinski definition) is 0. The highest BCUT2D eigenvalue weighted by Gasteiger charge is 2.15. The molecule has 0 fully saturated rings. The molecule has 0 amide bonds. The molecule has 0 aliphatic rings. The van der Waals surface area contributed by atoms with Gasteiger partial charge in [-0.05, 0) is 36.4 Å². The van der Waals surface area contributed by atoms with Crippen molar-refractivity contribution in [2.24, 2.45) is 0 Å². The van der Waals surface area contributed by atoms with E-state index in [-0.39, 0.29) is 16.4 Å². The molecule has 0 saturated carbocycles. The third-order valence-electron chi connectivity index (χ3n) is 4.29. The summed E-state index contributed by atoms with van der Waals surface area (Å²) in [5, 5.41) is 1.64. The van der Waals surface area contributed by atoms with Crippen molar-refractivity contribution < 1.29 is 8.83 Å². The molecule has 0 saturated heterocycles. The zero-order valence-electron chi connectivity index (χ0n) is 12.4. The molecule has 0 spiro atoms. The topological polar surface area (TPSA) is 60.4 Å². The van der Waals surface area contributed by atoms with Crippen LogP contribution in [0.5, 0.6) is 0 Å². The lowest BCUT2D eigenvalue weighted by molar-refractivity contribution is 0.649. The Hall–Kier alpha value is -3.40. The van der Waals surface area contributed by atoms with Crippen molar-refractivity contribution in [1.82, 2.24) is 0 Å². The summed E-state index contributed by atoms with van der Waals surface area (Å²) in [5.74, 6) is 0. The van der Waals surface area contributed by atoms with Gasteiger partial charge in [0.2, 0.25) is 10.9 Å². The number of fused-ring (bicyclic) bond motifs is 5. The molecule has 0 aliphatic carbocycles. The summed E-state index contributed by atoms with van der Waals surface area (Å²) >= 11 is 0. The van der Waals surface area contributed by atoms with Crippen LogP contribution in [0.3, 0.4) is 0 Å². The molecule has 24 heavy (non-hydrogen) atoms. The van der Waals surface area contributed by atoms with Gasteiger partial charge in [0.05, 0.1) is 16.2 Å². The second-order valence-electron chi connectivity index (χ2n) is 5.67. The largest absolute Gasteiger partial charge is 0.456 e. The minimum Gasteiger partial charge on any atom is -0.456 e. The molecule has 0 atom stereocenters. The van der Waals surface area contributed by atoms with Gasteiger partial charge >= 0.3 is 0 Å². The molecule has 0 radical (unpaired) electrons. The quantitative estimate of drug-likeness (QED) is 0.317. The summed E-state index contributed by atoms with van der Waals surface area (Å²) in [7, 11) is 0. The van der Waals surface area contributed by atoms with Crippen LogP contribution in [0.1, 0.15) is 0 Å². The standard InChI is InChI=1S/C20H10O4/c21-18-11-5-1-4-8-15(11)24-20-13(18)9-10-16-17(20)19(22)12-6-2-3-7-14(12)23-16/h1-10H. The van der Waals surface area contributed by atoms with E-state index in [0.29, 0.717) is 38.3 Å². The van der Waals surface area contributed by atoms with Gasteiger partial charge < -0.3 is 8.83 Å². The van der Waals surface area contributed by atoms with Crippen LogP contribution in [0.25, 0.3) is 43.9 Å². The van der Waals surface area contributed by atoms with Gasteiger partial charge in [-0.15, -0.1) is 0 Å². The van der Waals surface area contributed by atoms with Crippen molar-refractivity contribution in [2.75, 3.05) is 0 Å². The zero-order valence-corrected chi connectivity index (χ0v) is 12.4. The lowest BCUT2D eigenvalue weighted by Crippen LogP contribution is -2.07. The van der Waals surface area contributed by atoms with Crippen LogP contribution in [-0.2, 0) is 0 Å². The molecule has 114 valence electrons. The van der Waals surface area contributed by atoms with E-state index >= 15 is 0 Å². The summed E-state index contributed by atoms with van der Waals surface area (Å²) in [4.78, 5) is 25.6. The van der Waals surface area contributed by atoms with E-state index in [1.165, 1.54) is 0 Å². The Morgan fingerprint density at radius 2 is 1.17 bits per heavy atom. The summed E-state index contributed by atoms with van der Waals surface area (Å²) in [6.45, 7) is 0. The molecule has 3 aromatic carbocycles. The second kappa shape index (κ2) is 4.55. The van der Waals surface area contributed by atoms with Gasteiger partial charge in [0.25, 0.3) is 0 Å². The van der Waals surface area contributed by atoms with Crippen molar-refractivity contribution in [3.8, 4) is 0 Å². The number of para-hydroxylation sites is 2. The predicted molar refractivity (Wildman–Crippen MR) is 93.5 cm³/mol. The van der Waals surface area contributed by atoms with Crippen LogP contribution >= 0.6 is 0 Å². The van der Waals surface area contributed by atoms with Crippen LogP contribution in [0.2, 0.25) is 0 Å². The number of rotatable bonds is 0. The Balaban J connectivity index is 2.13. The monoisotopic (exact) mass is 314 g/mol. The highest BCUT2D eigenvalue weighted by Crippen LogP contribution is 2.27. The maximum atomic E-state index is 12.9. The van der Waals surface area contributed by atoms with Gasteiger partial charge in [-0.2, -0.15) is 0 Å². The minimum absolute atomic E-state index is 0.152. The average molecular weight is 314 g/mol. The lowest BCUT2D eigenvalue weighted by Gasteiger charge is -2.05. The fraction of sp³-hybridized carbons (Fsp3) is 0. The maximum absolute atomic E-state index is 12.9. The minimum atomic E-state index is -0.198. The van der Waals surface area contributed by atoms with Gasteiger partial charge in [0.15, 0.2) is 5.58 Å². The van der Waals surface area contributed by atoms with E-state index in [1.54, 1.807) is 54.6 Å². The van der Waals surface area contributed by atoms with Crippen molar-refractivity contribution in [3.63, 3.8) is 0 Å². The van der Waals surface area contributed by atoms with Gasteiger partial charge in [0.1, 0.15) is 22.1 Å². The third-order valence-corrected chi connectivity index (χ3v) is 4.29. The van der Waals surface area contributed by atoms with Crippen LogP contribution in [0.4, 0.5) is 0 Å². The van der Waals surface area contributed by atoms with E-state index in [2.05, 4.69) is 0 Å². The fourth-order valence-corrected chi connectivity index (χ4v) is 3.14. The Morgan fingerprint density at radius 3 is 1.92 bits per heavy atom. The van der Waals surface area contributed by atoms with Crippen LogP contribution in [-0.4, -0.2) is 0 Å². The molecular formula is C20H10O4. The molecule has 0 N–H and O–H groups in total.